The lowest BCUT2D eigenvalue weighted by atomic mass is 9.33. The third-order valence-electron chi connectivity index (χ3n) is 13.4. The van der Waals surface area contributed by atoms with Gasteiger partial charge in [-0.25, -0.2) is 0 Å². The number of aliphatic carboxylic acids is 1. The highest BCUT2D eigenvalue weighted by atomic mass is 16.5. The Bertz CT molecular complexity index is 920. The first-order valence-corrected chi connectivity index (χ1v) is 13.9. The highest BCUT2D eigenvalue weighted by Crippen LogP contribution is 2.76. The SMILES string of the molecule is CC1(C)CCC2(C(=O)O)CCC3(C)C(=CCC4C5(C)CCC6OCC6(C)C5CCC43C)C2C1. The zero-order chi connectivity index (χ0) is 23.7. The van der Waals surface area contributed by atoms with Crippen LogP contribution < -0.4 is 0 Å². The third kappa shape index (κ3) is 2.54. The fourth-order valence-corrected chi connectivity index (χ4v) is 11.1. The molecule has 9 unspecified atom stereocenters. The molecule has 6 rings (SSSR count). The quantitative estimate of drug-likeness (QED) is 0.424. The summed E-state index contributed by atoms with van der Waals surface area (Å²) in [6.07, 6.45) is 14.2. The summed E-state index contributed by atoms with van der Waals surface area (Å²) in [6, 6.07) is 0. The molecule has 6 aliphatic rings. The van der Waals surface area contributed by atoms with Gasteiger partial charge in [-0.05, 0) is 104 Å². The molecule has 9 atom stereocenters. The average molecular weight is 455 g/mol. The van der Waals surface area contributed by atoms with E-state index >= 15 is 0 Å². The number of carboxylic acids is 1. The molecule has 1 aliphatic heterocycles. The van der Waals surface area contributed by atoms with Gasteiger partial charge in [0.15, 0.2) is 0 Å². The molecule has 1 N–H and O–H groups in total. The van der Waals surface area contributed by atoms with Crippen molar-refractivity contribution in [2.75, 3.05) is 6.61 Å². The molecule has 0 aromatic carbocycles. The van der Waals surface area contributed by atoms with Crippen molar-refractivity contribution in [1.29, 1.82) is 0 Å². The van der Waals surface area contributed by atoms with E-state index in [4.69, 9.17) is 4.74 Å². The van der Waals surface area contributed by atoms with Gasteiger partial charge in [0.05, 0.1) is 18.1 Å². The van der Waals surface area contributed by atoms with Crippen LogP contribution in [0.15, 0.2) is 11.6 Å². The van der Waals surface area contributed by atoms with Crippen LogP contribution in [0.1, 0.15) is 106 Å². The van der Waals surface area contributed by atoms with Crippen LogP contribution in [-0.4, -0.2) is 23.8 Å². The predicted octanol–water partition coefficient (Wildman–Crippen LogP) is 7.25. The topological polar surface area (TPSA) is 46.5 Å². The maximum Gasteiger partial charge on any atom is 0.310 e. The molecule has 0 bridgehead atoms. The molecule has 184 valence electrons. The fraction of sp³-hybridized carbons (Fsp3) is 0.900. The van der Waals surface area contributed by atoms with E-state index in [-0.39, 0.29) is 22.2 Å². The molecule has 1 saturated heterocycles. The number of allylic oxidation sites excluding steroid dienone is 2. The lowest BCUT2D eigenvalue weighted by Gasteiger charge is -2.72. The molecule has 3 heteroatoms. The molecule has 1 heterocycles. The molecule has 0 spiro atoms. The maximum atomic E-state index is 12.8. The summed E-state index contributed by atoms with van der Waals surface area (Å²) in [7, 11) is 0. The lowest BCUT2D eigenvalue weighted by Crippen LogP contribution is -2.68. The molecular formula is C30H46O3. The molecule has 5 fully saturated rings. The summed E-state index contributed by atoms with van der Waals surface area (Å²) < 4.78 is 6.04. The summed E-state index contributed by atoms with van der Waals surface area (Å²) in [5.74, 6) is 1.16. The van der Waals surface area contributed by atoms with Crippen LogP contribution in [0.2, 0.25) is 0 Å². The van der Waals surface area contributed by atoms with Crippen molar-refractivity contribution in [3.8, 4) is 0 Å². The van der Waals surface area contributed by atoms with Gasteiger partial charge in [-0.1, -0.05) is 53.2 Å². The second kappa shape index (κ2) is 6.48. The Labute approximate surface area is 201 Å². The molecule has 0 amide bonds. The number of carboxylic acid groups (broad SMARTS) is 1. The number of hydrogen-bond acceptors (Lipinski definition) is 2. The first-order valence-electron chi connectivity index (χ1n) is 13.9. The van der Waals surface area contributed by atoms with Gasteiger partial charge in [0.1, 0.15) is 0 Å². The number of fused-ring (bicyclic) bond motifs is 9. The maximum absolute atomic E-state index is 12.8. The Balaban J connectivity index is 1.43. The minimum atomic E-state index is -0.528. The third-order valence-corrected chi connectivity index (χ3v) is 13.4. The second-order valence-corrected chi connectivity index (χ2v) is 15.0. The Morgan fingerprint density at radius 3 is 2.30 bits per heavy atom. The van der Waals surface area contributed by atoms with Crippen LogP contribution in [0.25, 0.3) is 0 Å². The molecule has 5 aliphatic carbocycles. The summed E-state index contributed by atoms with van der Waals surface area (Å²) in [5.41, 5.74) is 2.41. The summed E-state index contributed by atoms with van der Waals surface area (Å²) in [4.78, 5) is 12.8. The molecule has 0 aromatic heterocycles. The van der Waals surface area contributed by atoms with E-state index in [1.165, 1.54) is 25.7 Å². The predicted molar refractivity (Wildman–Crippen MR) is 131 cm³/mol. The minimum absolute atomic E-state index is 0.134. The van der Waals surface area contributed by atoms with Crippen molar-refractivity contribution in [2.45, 2.75) is 112 Å². The van der Waals surface area contributed by atoms with Gasteiger partial charge in [-0.2, -0.15) is 0 Å². The summed E-state index contributed by atoms with van der Waals surface area (Å²) in [6.45, 7) is 16.0. The lowest BCUT2D eigenvalue weighted by molar-refractivity contribution is -0.286. The van der Waals surface area contributed by atoms with E-state index in [1.54, 1.807) is 5.57 Å². The van der Waals surface area contributed by atoms with Gasteiger partial charge >= 0.3 is 5.97 Å². The zero-order valence-corrected chi connectivity index (χ0v) is 21.9. The van der Waals surface area contributed by atoms with E-state index in [1.807, 2.05) is 0 Å². The van der Waals surface area contributed by atoms with E-state index in [9.17, 15) is 9.90 Å². The van der Waals surface area contributed by atoms with Crippen molar-refractivity contribution in [2.24, 2.45) is 50.2 Å². The number of carbonyl (C=O) groups is 1. The normalized spacial score (nSPS) is 56.6. The molecular weight excluding hydrogens is 408 g/mol. The average Bonchev–Trinajstić information content (AvgIpc) is 2.72. The van der Waals surface area contributed by atoms with Crippen molar-refractivity contribution in [3.63, 3.8) is 0 Å². The van der Waals surface area contributed by atoms with Crippen LogP contribution >= 0.6 is 0 Å². The van der Waals surface area contributed by atoms with Gasteiger partial charge in [0.25, 0.3) is 0 Å². The largest absolute Gasteiger partial charge is 0.481 e. The van der Waals surface area contributed by atoms with E-state index in [2.05, 4.69) is 47.6 Å². The molecule has 33 heavy (non-hydrogen) atoms. The van der Waals surface area contributed by atoms with Crippen LogP contribution in [0, 0.1) is 50.2 Å². The smallest absolute Gasteiger partial charge is 0.310 e. The molecule has 3 nitrogen and oxygen atoms in total. The first-order chi connectivity index (χ1) is 15.3. The van der Waals surface area contributed by atoms with Crippen molar-refractivity contribution in [3.05, 3.63) is 11.6 Å². The van der Waals surface area contributed by atoms with Crippen LogP contribution in [0.4, 0.5) is 0 Å². The molecule has 0 aromatic rings. The monoisotopic (exact) mass is 454 g/mol. The summed E-state index contributed by atoms with van der Waals surface area (Å²) in [5, 5.41) is 10.5. The van der Waals surface area contributed by atoms with Crippen LogP contribution in [-0.2, 0) is 9.53 Å². The Morgan fingerprint density at radius 1 is 0.909 bits per heavy atom. The van der Waals surface area contributed by atoms with Crippen LogP contribution in [0.5, 0.6) is 0 Å². The highest BCUT2D eigenvalue weighted by Gasteiger charge is 2.70. The highest BCUT2D eigenvalue weighted by molar-refractivity contribution is 5.76. The van der Waals surface area contributed by atoms with Gasteiger partial charge in [-0.15, -0.1) is 0 Å². The number of rotatable bonds is 1. The molecule has 4 saturated carbocycles. The molecule has 0 radical (unpaired) electrons. The van der Waals surface area contributed by atoms with Crippen molar-refractivity contribution in [1.82, 2.24) is 0 Å². The van der Waals surface area contributed by atoms with Crippen molar-refractivity contribution < 1.29 is 14.6 Å². The van der Waals surface area contributed by atoms with E-state index < -0.39 is 11.4 Å². The minimum Gasteiger partial charge on any atom is -0.481 e. The number of ether oxygens (including phenoxy) is 1. The van der Waals surface area contributed by atoms with E-state index in [0.717, 1.165) is 51.0 Å². The zero-order valence-electron chi connectivity index (χ0n) is 21.9. The van der Waals surface area contributed by atoms with Gasteiger partial charge in [0.2, 0.25) is 0 Å². The Hall–Kier alpha value is -0.830. The van der Waals surface area contributed by atoms with Crippen LogP contribution in [0.3, 0.4) is 0 Å². The first kappa shape index (κ1) is 22.6. The second-order valence-electron chi connectivity index (χ2n) is 15.0. The standard InChI is InChI=1S/C30H46O3/c1-25(2)13-15-30(24(31)32)16-14-28(5)19(20(30)17-25)7-8-22-26(3)11-10-23-27(4,18-33-23)21(26)9-12-29(22,28)6/h7,20-23H,8-18H2,1-6H3,(H,31,32). The van der Waals surface area contributed by atoms with Gasteiger partial charge in [-0.3, -0.25) is 4.79 Å². The van der Waals surface area contributed by atoms with E-state index in [0.29, 0.717) is 22.9 Å². The Morgan fingerprint density at radius 2 is 1.64 bits per heavy atom. The number of hydrogen-bond donors (Lipinski definition) is 1. The Kier molecular flexibility index (Phi) is 4.44. The van der Waals surface area contributed by atoms with Gasteiger partial charge < -0.3 is 9.84 Å². The van der Waals surface area contributed by atoms with Crippen molar-refractivity contribution >= 4 is 5.97 Å². The fourth-order valence-electron chi connectivity index (χ4n) is 11.1. The summed E-state index contributed by atoms with van der Waals surface area (Å²) >= 11 is 0. The van der Waals surface area contributed by atoms with Gasteiger partial charge in [0, 0.05) is 5.41 Å².